The van der Waals surface area contributed by atoms with Crippen molar-refractivity contribution < 1.29 is 4.79 Å². The van der Waals surface area contributed by atoms with Gasteiger partial charge in [0.1, 0.15) is 0 Å². The van der Waals surface area contributed by atoms with Crippen molar-refractivity contribution in [2.45, 2.75) is 64.3 Å². The first-order chi connectivity index (χ1) is 10.1. The molecule has 0 aromatic carbocycles. The average Bonchev–Trinajstić information content (AvgIpc) is 2.43. The SMILES string of the molecule is CC1CC(C(=O)NCC23CC4CC(CC(C4)C2)C3)CCN1. The molecule has 5 rings (SSSR count). The summed E-state index contributed by atoms with van der Waals surface area (Å²) in [6, 6.07) is 0.494. The van der Waals surface area contributed by atoms with Crippen LogP contribution in [0.2, 0.25) is 0 Å². The van der Waals surface area contributed by atoms with Gasteiger partial charge in [0.25, 0.3) is 0 Å². The molecule has 5 fully saturated rings. The molecule has 1 saturated heterocycles. The Labute approximate surface area is 128 Å². The van der Waals surface area contributed by atoms with E-state index < -0.39 is 0 Å². The van der Waals surface area contributed by atoms with Gasteiger partial charge < -0.3 is 10.6 Å². The van der Waals surface area contributed by atoms with Gasteiger partial charge in [0, 0.05) is 18.5 Å². The molecule has 3 heteroatoms. The Balaban J connectivity index is 1.35. The highest BCUT2D eigenvalue weighted by atomic mass is 16.1. The number of rotatable bonds is 3. The first kappa shape index (κ1) is 14.0. The molecule has 1 heterocycles. The number of carbonyl (C=O) groups excluding carboxylic acids is 1. The highest BCUT2D eigenvalue weighted by Gasteiger charge is 2.50. The predicted octanol–water partition coefficient (Wildman–Crippen LogP) is 2.71. The largest absolute Gasteiger partial charge is 0.355 e. The van der Waals surface area contributed by atoms with Crippen LogP contribution in [0.5, 0.6) is 0 Å². The van der Waals surface area contributed by atoms with Gasteiger partial charge in [-0.05, 0) is 88.0 Å². The Hall–Kier alpha value is -0.570. The minimum atomic E-state index is 0.246. The molecule has 4 saturated carbocycles. The van der Waals surface area contributed by atoms with Crippen LogP contribution in [0.15, 0.2) is 0 Å². The maximum Gasteiger partial charge on any atom is 0.223 e. The van der Waals surface area contributed by atoms with E-state index in [2.05, 4.69) is 17.6 Å². The highest BCUT2D eigenvalue weighted by Crippen LogP contribution is 2.59. The quantitative estimate of drug-likeness (QED) is 0.839. The third-order valence-corrected chi connectivity index (χ3v) is 6.80. The van der Waals surface area contributed by atoms with E-state index in [1.807, 2.05) is 0 Å². The molecule has 2 atom stereocenters. The van der Waals surface area contributed by atoms with E-state index >= 15 is 0 Å². The first-order valence-electron chi connectivity index (χ1n) is 9.13. The minimum absolute atomic E-state index is 0.246. The van der Waals surface area contributed by atoms with Crippen LogP contribution in [0.4, 0.5) is 0 Å². The van der Waals surface area contributed by atoms with Crippen molar-refractivity contribution >= 4 is 5.91 Å². The smallest absolute Gasteiger partial charge is 0.223 e. The number of carbonyl (C=O) groups is 1. The molecule has 0 aromatic heterocycles. The van der Waals surface area contributed by atoms with Crippen molar-refractivity contribution in [2.24, 2.45) is 29.1 Å². The number of nitrogens with one attached hydrogen (secondary N) is 2. The van der Waals surface area contributed by atoms with Crippen LogP contribution in [0.25, 0.3) is 0 Å². The molecule has 4 bridgehead atoms. The van der Waals surface area contributed by atoms with E-state index in [9.17, 15) is 4.79 Å². The van der Waals surface area contributed by atoms with Crippen LogP contribution in [0.1, 0.15) is 58.3 Å². The number of hydrogen-bond acceptors (Lipinski definition) is 2. The Kier molecular flexibility index (Phi) is 3.52. The summed E-state index contributed by atoms with van der Waals surface area (Å²) in [4.78, 5) is 12.5. The normalized spacial score (nSPS) is 48.3. The molecule has 5 aliphatic rings. The van der Waals surface area contributed by atoms with Crippen LogP contribution in [-0.4, -0.2) is 25.0 Å². The zero-order valence-corrected chi connectivity index (χ0v) is 13.4. The van der Waals surface area contributed by atoms with E-state index in [0.717, 1.165) is 43.7 Å². The van der Waals surface area contributed by atoms with Crippen molar-refractivity contribution in [1.29, 1.82) is 0 Å². The van der Waals surface area contributed by atoms with Crippen molar-refractivity contribution in [1.82, 2.24) is 10.6 Å². The second kappa shape index (κ2) is 5.26. The molecule has 21 heavy (non-hydrogen) atoms. The molecular weight excluding hydrogens is 260 g/mol. The summed E-state index contributed by atoms with van der Waals surface area (Å²) in [6.45, 7) is 4.16. The molecule has 0 radical (unpaired) electrons. The minimum Gasteiger partial charge on any atom is -0.355 e. The lowest BCUT2D eigenvalue weighted by molar-refractivity contribution is -0.128. The zero-order valence-electron chi connectivity index (χ0n) is 13.4. The number of amides is 1. The second-order valence-corrected chi connectivity index (χ2v) is 8.71. The van der Waals surface area contributed by atoms with Crippen LogP contribution < -0.4 is 10.6 Å². The molecule has 4 aliphatic carbocycles. The lowest BCUT2D eigenvalue weighted by Gasteiger charge is -2.57. The Morgan fingerprint density at radius 3 is 2.29 bits per heavy atom. The molecule has 2 N–H and O–H groups in total. The Bertz CT molecular complexity index is 384. The van der Waals surface area contributed by atoms with Crippen molar-refractivity contribution in [3.8, 4) is 0 Å². The lowest BCUT2D eigenvalue weighted by atomic mass is 9.49. The maximum atomic E-state index is 12.5. The first-order valence-corrected chi connectivity index (χ1v) is 9.13. The average molecular weight is 290 g/mol. The zero-order chi connectivity index (χ0) is 14.4. The second-order valence-electron chi connectivity index (χ2n) is 8.71. The summed E-state index contributed by atoms with van der Waals surface area (Å²) in [7, 11) is 0. The van der Waals surface area contributed by atoms with Gasteiger partial charge in [0.15, 0.2) is 0 Å². The van der Waals surface area contributed by atoms with Gasteiger partial charge in [0.05, 0.1) is 0 Å². The van der Waals surface area contributed by atoms with Gasteiger partial charge in [0.2, 0.25) is 5.91 Å². The predicted molar refractivity (Wildman–Crippen MR) is 83.8 cm³/mol. The fourth-order valence-electron chi connectivity index (χ4n) is 6.30. The van der Waals surface area contributed by atoms with Gasteiger partial charge in [-0.2, -0.15) is 0 Å². The standard InChI is InChI=1S/C18H30N2O/c1-12-4-16(2-3-19-12)17(21)20-11-18-8-13-5-14(9-18)7-15(6-13)10-18/h12-16,19H,2-11H2,1H3,(H,20,21). The van der Waals surface area contributed by atoms with Crippen LogP contribution >= 0.6 is 0 Å². The van der Waals surface area contributed by atoms with E-state index in [0.29, 0.717) is 17.4 Å². The maximum absolute atomic E-state index is 12.5. The fourth-order valence-corrected chi connectivity index (χ4v) is 6.30. The summed E-state index contributed by atoms with van der Waals surface area (Å²) >= 11 is 0. The van der Waals surface area contributed by atoms with Gasteiger partial charge in [-0.3, -0.25) is 4.79 Å². The van der Waals surface area contributed by atoms with Crippen LogP contribution in [-0.2, 0) is 4.79 Å². The highest BCUT2D eigenvalue weighted by molar-refractivity contribution is 5.78. The van der Waals surface area contributed by atoms with E-state index in [1.54, 1.807) is 0 Å². The molecule has 0 aromatic rings. The summed E-state index contributed by atoms with van der Waals surface area (Å²) in [6.07, 6.45) is 10.6. The molecule has 1 aliphatic heterocycles. The van der Waals surface area contributed by atoms with E-state index in [-0.39, 0.29) is 5.92 Å². The summed E-state index contributed by atoms with van der Waals surface area (Å²) in [5.74, 6) is 3.51. The molecular formula is C18H30N2O. The van der Waals surface area contributed by atoms with E-state index in [1.165, 1.54) is 38.5 Å². The molecule has 118 valence electrons. The molecule has 1 amide bonds. The van der Waals surface area contributed by atoms with Crippen molar-refractivity contribution in [3.63, 3.8) is 0 Å². The van der Waals surface area contributed by atoms with Crippen molar-refractivity contribution in [3.05, 3.63) is 0 Å². The van der Waals surface area contributed by atoms with Crippen molar-refractivity contribution in [2.75, 3.05) is 13.1 Å². The monoisotopic (exact) mass is 290 g/mol. The third kappa shape index (κ3) is 2.74. The molecule has 0 spiro atoms. The molecule has 2 unspecified atom stereocenters. The van der Waals surface area contributed by atoms with Gasteiger partial charge >= 0.3 is 0 Å². The van der Waals surface area contributed by atoms with Gasteiger partial charge in [-0.25, -0.2) is 0 Å². The third-order valence-electron chi connectivity index (χ3n) is 6.80. The summed E-state index contributed by atoms with van der Waals surface area (Å²) in [5.41, 5.74) is 0.475. The van der Waals surface area contributed by atoms with Gasteiger partial charge in [-0.1, -0.05) is 0 Å². The molecule has 3 nitrogen and oxygen atoms in total. The van der Waals surface area contributed by atoms with Crippen LogP contribution in [0, 0.1) is 29.1 Å². The summed E-state index contributed by atoms with van der Waals surface area (Å²) in [5, 5.41) is 6.80. The van der Waals surface area contributed by atoms with E-state index in [4.69, 9.17) is 0 Å². The number of hydrogen-bond donors (Lipinski definition) is 2. The topological polar surface area (TPSA) is 41.1 Å². The van der Waals surface area contributed by atoms with Gasteiger partial charge in [-0.15, -0.1) is 0 Å². The fraction of sp³-hybridized carbons (Fsp3) is 0.944. The number of piperidine rings is 1. The van der Waals surface area contributed by atoms with Crippen LogP contribution in [0.3, 0.4) is 0 Å². The Morgan fingerprint density at radius 1 is 1.10 bits per heavy atom. The summed E-state index contributed by atoms with van der Waals surface area (Å²) < 4.78 is 0. The Morgan fingerprint density at radius 2 is 1.71 bits per heavy atom. The lowest BCUT2D eigenvalue weighted by Crippen LogP contribution is -2.52.